The van der Waals surface area contributed by atoms with Crippen LogP contribution in [-0.2, 0) is 11.3 Å². The topological polar surface area (TPSA) is 41.1 Å². The highest BCUT2D eigenvalue weighted by molar-refractivity contribution is 5.83. The molecular formula is C17H20N2O. The summed E-state index contributed by atoms with van der Waals surface area (Å²) in [5.41, 5.74) is 1.22. The van der Waals surface area contributed by atoms with Crippen LogP contribution in [0.1, 0.15) is 24.8 Å². The standard InChI is InChI=1S/C17H20N2O/c20-17-16(7-3-4-10-18-17)19-12-13-8-9-14-5-1-2-6-15(14)11-13/h1-2,5-6,8-9,11,16,19H,3-4,7,10,12H2,(H,18,20). The number of carbonyl (C=O) groups is 1. The Morgan fingerprint density at radius 3 is 2.85 bits per heavy atom. The number of hydrogen-bond donors (Lipinski definition) is 2. The number of benzene rings is 2. The molecule has 1 aliphatic rings. The zero-order valence-corrected chi connectivity index (χ0v) is 11.6. The summed E-state index contributed by atoms with van der Waals surface area (Å²) in [5.74, 6) is 0.142. The third-order valence-electron chi connectivity index (χ3n) is 3.90. The summed E-state index contributed by atoms with van der Waals surface area (Å²) in [7, 11) is 0. The quantitative estimate of drug-likeness (QED) is 0.898. The third kappa shape index (κ3) is 2.99. The number of fused-ring (bicyclic) bond motifs is 1. The molecule has 0 aliphatic carbocycles. The summed E-state index contributed by atoms with van der Waals surface area (Å²) in [6, 6.07) is 14.8. The van der Waals surface area contributed by atoms with Gasteiger partial charge in [0.05, 0.1) is 6.04 Å². The molecule has 0 bridgehead atoms. The fraction of sp³-hybridized carbons (Fsp3) is 0.353. The smallest absolute Gasteiger partial charge is 0.237 e. The van der Waals surface area contributed by atoms with Gasteiger partial charge in [0.15, 0.2) is 0 Å². The molecule has 3 heteroatoms. The van der Waals surface area contributed by atoms with E-state index in [1.807, 2.05) is 0 Å². The predicted molar refractivity (Wildman–Crippen MR) is 81.4 cm³/mol. The largest absolute Gasteiger partial charge is 0.355 e. The van der Waals surface area contributed by atoms with E-state index in [4.69, 9.17) is 0 Å². The monoisotopic (exact) mass is 268 g/mol. The second-order valence-corrected chi connectivity index (χ2v) is 5.40. The number of nitrogens with one attached hydrogen (secondary N) is 2. The van der Waals surface area contributed by atoms with Crippen LogP contribution in [0.2, 0.25) is 0 Å². The van der Waals surface area contributed by atoms with Crippen molar-refractivity contribution in [2.75, 3.05) is 6.54 Å². The average molecular weight is 268 g/mol. The molecular weight excluding hydrogens is 248 g/mol. The van der Waals surface area contributed by atoms with Crippen molar-refractivity contribution in [1.82, 2.24) is 10.6 Å². The van der Waals surface area contributed by atoms with E-state index in [1.165, 1.54) is 16.3 Å². The van der Waals surface area contributed by atoms with Gasteiger partial charge in [0.1, 0.15) is 0 Å². The van der Waals surface area contributed by atoms with Crippen molar-refractivity contribution in [1.29, 1.82) is 0 Å². The average Bonchev–Trinajstić information content (AvgIpc) is 2.69. The van der Waals surface area contributed by atoms with Crippen LogP contribution < -0.4 is 10.6 Å². The second kappa shape index (κ2) is 6.06. The fourth-order valence-corrected chi connectivity index (χ4v) is 2.72. The molecule has 2 aromatic carbocycles. The minimum absolute atomic E-state index is 0.0519. The summed E-state index contributed by atoms with van der Waals surface area (Å²) in [4.78, 5) is 11.9. The molecule has 1 heterocycles. The van der Waals surface area contributed by atoms with Gasteiger partial charge >= 0.3 is 0 Å². The molecule has 1 aliphatic heterocycles. The summed E-state index contributed by atoms with van der Waals surface area (Å²) in [5, 5.41) is 8.84. The first-order chi connectivity index (χ1) is 9.83. The normalized spacial score (nSPS) is 19.6. The van der Waals surface area contributed by atoms with Gasteiger partial charge in [0.25, 0.3) is 0 Å². The van der Waals surface area contributed by atoms with Crippen molar-refractivity contribution in [2.24, 2.45) is 0 Å². The Kier molecular flexibility index (Phi) is 3.97. The maximum absolute atomic E-state index is 11.9. The Morgan fingerprint density at radius 2 is 1.95 bits per heavy atom. The minimum atomic E-state index is -0.0519. The van der Waals surface area contributed by atoms with E-state index >= 15 is 0 Å². The lowest BCUT2D eigenvalue weighted by atomic mass is 10.1. The van der Waals surface area contributed by atoms with Crippen LogP contribution in [0.3, 0.4) is 0 Å². The van der Waals surface area contributed by atoms with E-state index in [2.05, 4.69) is 53.1 Å². The van der Waals surface area contributed by atoms with E-state index in [0.717, 1.165) is 32.4 Å². The maximum atomic E-state index is 11.9. The first-order valence-electron chi connectivity index (χ1n) is 7.32. The van der Waals surface area contributed by atoms with E-state index in [1.54, 1.807) is 0 Å². The maximum Gasteiger partial charge on any atom is 0.237 e. The van der Waals surface area contributed by atoms with Gasteiger partial charge in [-0.05, 0) is 41.7 Å². The van der Waals surface area contributed by atoms with E-state index in [9.17, 15) is 4.79 Å². The molecule has 1 amide bonds. The van der Waals surface area contributed by atoms with Gasteiger partial charge in [-0.25, -0.2) is 0 Å². The third-order valence-corrected chi connectivity index (χ3v) is 3.90. The molecule has 1 saturated heterocycles. The van der Waals surface area contributed by atoms with Crippen LogP contribution in [0, 0.1) is 0 Å². The lowest BCUT2D eigenvalue weighted by Crippen LogP contribution is -2.42. The zero-order chi connectivity index (χ0) is 13.8. The first kappa shape index (κ1) is 13.1. The lowest BCUT2D eigenvalue weighted by molar-refractivity contribution is -0.122. The summed E-state index contributed by atoms with van der Waals surface area (Å²) in [6.45, 7) is 1.55. The van der Waals surface area contributed by atoms with E-state index < -0.39 is 0 Å². The second-order valence-electron chi connectivity index (χ2n) is 5.40. The molecule has 1 unspecified atom stereocenters. The van der Waals surface area contributed by atoms with Gasteiger partial charge in [0, 0.05) is 13.1 Å². The van der Waals surface area contributed by atoms with Crippen LogP contribution in [0.25, 0.3) is 10.8 Å². The Bertz CT molecular complexity index is 609. The van der Waals surface area contributed by atoms with E-state index in [0.29, 0.717) is 0 Å². The molecule has 2 N–H and O–H groups in total. The van der Waals surface area contributed by atoms with Gasteiger partial charge in [-0.15, -0.1) is 0 Å². The Labute approximate surface area is 119 Å². The zero-order valence-electron chi connectivity index (χ0n) is 11.6. The summed E-state index contributed by atoms with van der Waals surface area (Å²) < 4.78 is 0. The SMILES string of the molecule is O=C1NCCCCC1NCc1ccc2ccccc2c1. The molecule has 1 atom stereocenters. The molecule has 0 saturated carbocycles. The van der Waals surface area contributed by atoms with Crippen LogP contribution in [0.5, 0.6) is 0 Å². The Hall–Kier alpha value is -1.87. The molecule has 1 fully saturated rings. The molecule has 3 rings (SSSR count). The summed E-state index contributed by atoms with van der Waals surface area (Å²) in [6.07, 6.45) is 3.12. The number of rotatable bonds is 3. The van der Waals surface area contributed by atoms with Crippen molar-refractivity contribution >= 4 is 16.7 Å². The number of hydrogen-bond acceptors (Lipinski definition) is 2. The predicted octanol–water partition coefficient (Wildman–Crippen LogP) is 2.60. The van der Waals surface area contributed by atoms with Gasteiger partial charge in [-0.3, -0.25) is 4.79 Å². The Balaban J connectivity index is 1.68. The molecule has 20 heavy (non-hydrogen) atoms. The van der Waals surface area contributed by atoms with Crippen LogP contribution in [0.4, 0.5) is 0 Å². The van der Waals surface area contributed by atoms with Gasteiger partial charge in [-0.2, -0.15) is 0 Å². The highest BCUT2D eigenvalue weighted by Gasteiger charge is 2.19. The molecule has 0 spiro atoms. The van der Waals surface area contributed by atoms with Gasteiger partial charge in [-0.1, -0.05) is 36.4 Å². The fourth-order valence-electron chi connectivity index (χ4n) is 2.72. The van der Waals surface area contributed by atoms with Gasteiger partial charge in [0.2, 0.25) is 5.91 Å². The summed E-state index contributed by atoms with van der Waals surface area (Å²) >= 11 is 0. The molecule has 2 aromatic rings. The molecule has 0 radical (unpaired) electrons. The van der Waals surface area contributed by atoms with Gasteiger partial charge < -0.3 is 10.6 Å². The number of amides is 1. The van der Waals surface area contributed by atoms with Crippen molar-refractivity contribution < 1.29 is 4.79 Å². The molecule has 3 nitrogen and oxygen atoms in total. The molecule has 0 aromatic heterocycles. The van der Waals surface area contributed by atoms with Crippen molar-refractivity contribution in [3.63, 3.8) is 0 Å². The van der Waals surface area contributed by atoms with Crippen molar-refractivity contribution in [3.8, 4) is 0 Å². The highest BCUT2D eigenvalue weighted by atomic mass is 16.2. The van der Waals surface area contributed by atoms with E-state index in [-0.39, 0.29) is 11.9 Å². The highest BCUT2D eigenvalue weighted by Crippen LogP contribution is 2.16. The van der Waals surface area contributed by atoms with Crippen LogP contribution >= 0.6 is 0 Å². The number of carbonyl (C=O) groups excluding carboxylic acids is 1. The Morgan fingerprint density at radius 1 is 1.10 bits per heavy atom. The minimum Gasteiger partial charge on any atom is -0.355 e. The lowest BCUT2D eigenvalue weighted by Gasteiger charge is -2.15. The molecule has 104 valence electrons. The van der Waals surface area contributed by atoms with Crippen molar-refractivity contribution in [2.45, 2.75) is 31.8 Å². The van der Waals surface area contributed by atoms with Crippen LogP contribution in [0.15, 0.2) is 42.5 Å². The van der Waals surface area contributed by atoms with Crippen molar-refractivity contribution in [3.05, 3.63) is 48.0 Å². The first-order valence-corrected chi connectivity index (χ1v) is 7.32. The van der Waals surface area contributed by atoms with Crippen LogP contribution in [-0.4, -0.2) is 18.5 Å².